The molecular formula is C27H41N5O7S3. The van der Waals surface area contributed by atoms with Crippen LogP contribution in [0.2, 0.25) is 0 Å². The van der Waals surface area contributed by atoms with Crippen LogP contribution in [-0.4, -0.2) is 92.6 Å². The van der Waals surface area contributed by atoms with Crippen LogP contribution in [0.25, 0.3) is 0 Å². The lowest BCUT2D eigenvalue weighted by molar-refractivity contribution is -0.197. The first kappa shape index (κ1) is 32.8. The highest BCUT2D eigenvalue weighted by Crippen LogP contribution is 2.34. The monoisotopic (exact) mass is 643 g/mol. The molecule has 42 heavy (non-hydrogen) atoms. The number of thioether (sulfide) groups is 2. The zero-order valence-electron chi connectivity index (χ0n) is 23.6. The minimum absolute atomic E-state index is 0.0257. The summed E-state index contributed by atoms with van der Waals surface area (Å²) in [6.45, 7) is 0. The topological polar surface area (TPSA) is 163 Å². The van der Waals surface area contributed by atoms with Gasteiger partial charge in [-0.1, -0.05) is 12.8 Å². The van der Waals surface area contributed by atoms with Crippen LogP contribution in [-0.2, 0) is 24.0 Å². The van der Waals surface area contributed by atoms with Gasteiger partial charge in [-0.15, -0.1) is 5.06 Å². The largest absolute Gasteiger partial charge is 0.333 e. The summed E-state index contributed by atoms with van der Waals surface area (Å²) < 4.78 is 0. The maximum absolute atomic E-state index is 11.7. The molecule has 0 radical (unpaired) electrons. The van der Waals surface area contributed by atoms with Crippen molar-refractivity contribution in [3.63, 3.8) is 0 Å². The van der Waals surface area contributed by atoms with Crippen LogP contribution in [0.5, 0.6) is 0 Å². The fraction of sp³-hybridized carbons (Fsp3) is 0.778. The van der Waals surface area contributed by atoms with Crippen molar-refractivity contribution >= 4 is 71.8 Å². The number of amides is 6. The van der Waals surface area contributed by atoms with Crippen molar-refractivity contribution in [2.24, 2.45) is 0 Å². The molecule has 5 saturated heterocycles. The number of hydrogen-bond donors (Lipinski definition) is 5. The van der Waals surface area contributed by atoms with E-state index in [0.717, 1.165) is 55.8 Å². The second kappa shape index (κ2) is 16.1. The highest BCUT2D eigenvalue weighted by molar-refractivity contribution is 8.00. The number of fused-ring (bicyclic) bond motifs is 2. The molecule has 0 aliphatic carbocycles. The second-order valence-electron chi connectivity index (χ2n) is 11.1. The van der Waals surface area contributed by atoms with Crippen molar-refractivity contribution in [1.82, 2.24) is 26.3 Å². The van der Waals surface area contributed by atoms with Crippen molar-refractivity contribution < 1.29 is 33.6 Å². The molecule has 5 aliphatic rings. The van der Waals surface area contributed by atoms with Gasteiger partial charge in [0.25, 0.3) is 11.8 Å². The summed E-state index contributed by atoms with van der Waals surface area (Å²) in [6.07, 6.45) is 8.14. The molecule has 2 unspecified atom stereocenters. The number of urea groups is 2. The van der Waals surface area contributed by atoms with Crippen molar-refractivity contribution in [3.8, 4) is 0 Å². The van der Waals surface area contributed by atoms with E-state index >= 15 is 0 Å². The summed E-state index contributed by atoms with van der Waals surface area (Å²) in [5, 5.41) is 13.2. The normalized spacial score (nSPS) is 29.2. The van der Waals surface area contributed by atoms with E-state index in [1.807, 2.05) is 23.5 Å². The lowest BCUT2D eigenvalue weighted by Crippen LogP contribution is -2.36. The molecule has 4 N–H and O–H groups in total. The third-order valence-electron chi connectivity index (χ3n) is 8.00. The van der Waals surface area contributed by atoms with E-state index in [2.05, 4.69) is 33.9 Å². The van der Waals surface area contributed by atoms with Gasteiger partial charge >= 0.3 is 18.0 Å². The van der Waals surface area contributed by atoms with Crippen LogP contribution in [0.4, 0.5) is 9.59 Å². The fourth-order valence-corrected chi connectivity index (χ4v) is 9.02. The summed E-state index contributed by atoms with van der Waals surface area (Å²) in [4.78, 5) is 73.2. The number of Topliss-reactive ketones (excluding diaryl/α,β-unsaturated/α-hetero) is 1. The van der Waals surface area contributed by atoms with Gasteiger partial charge in [0.1, 0.15) is 5.78 Å². The Morgan fingerprint density at radius 2 is 1.24 bits per heavy atom. The predicted octanol–water partition coefficient (Wildman–Crippen LogP) is 2.31. The SMILES string of the molecule is O=C(CCCS)CCCCC1SC[C@@H]2NC(=O)N[C@H]12.O=C1N[C@H]2CSC(CCCCC(=O)ON3C(=O)CCC3=O)[C@H]2N1. The minimum atomic E-state index is -0.554. The van der Waals surface area contributed by atoms with E-state index in [4.69, 9.17) is 4.84 Å². The molecule has 5 fully saturated rings. The minimum Gasteiger partial charge on any atom is -0.332 e. The Balaban J connectivity index is 0.000000197. The molecule has 0 saturated carbocycles. The van der Waals surface area contributed by atoms with Gasteiger partial charge in [-0.05, 0) is 37.9 Å². The van der Waals surface area contributed by atoms with E-state index in [1.165, 1.54) is 0 Å². The average molecular weight is 644 g/mol. The standard InChI is InChI=1S/C14H19N3O5S.C13H22N2O2S2/c18-10-5-6-11(19)17(10)22-12(20)4-2-1-3-9-13-8(7-23-9)15-14(21)16-13;16-9(5-3-7-18)4-1-2-6-11-12-10(8-19-11)14-13(17)15-12/h8-9,13H,1-7H2,(H2,15,16,21);10-12,18H,1-8H2,(H2,14,15,17)/t8-,9?,13-;10-,11?,12-/m00/s1. The quantitative estimate of drug-likeness (QED) is 0.0828. The van der Waals surface area contributed by atoms with Crippen molar-refractivity contribution in [3.05, 3.63) is 0 Å². The number of nitrogens with zero attached hydrogens (tertiary/aromatic N) is 1. The lowest BCUT2D eigenvalue weighted by Gasteiger charge is -2.16. The van der Waals surface area contributed by atoms with Crippen molar-refractivity contribution in [1.29, 1.82) is 0 Å². The van der Waals surface area contributed by atoms with Gasteiger partial charge in [0.05, 0.1) is 24.2 Å². The third kappa shape index (κ3) is 9.18. The maximum atomic E-state index is 11.7. The molecule has 5 heterocycles. The number of ketones is 1. The number of hydroxylamine groups is 2. The molecule has 6 amide bonds. The highest BCUT2D eigenvalue weighted by Gasteiger charge is 2.43. The van der Waals surface area contributed by atoms with Crippen LogP contribution in [0.1, 0.15) is 77.0 Å². The average Bonchev–Trinajstić information content (AvgIpc) is 3.76. The van der Waals surface area contributed by atoms with Gasteiger partial charge in [0.15, 0.2) is 0 Å². The molecule has 0 aromatic heterocycles. The highest BCUT2D eigenvalue weighted by atomic mass is 32.2. The summed E-state index contributed by atoms with van der Waals surface area (Å²) in [7, 11) is 0. The lowest BCUT2D eigenvalue weighted by atomic mass is 10.0. The van der Waals surface area contributed by atoms with Crippen molar-refractivity contribution in [2.75, 3.05) is 17.3 Å². The zero-order valence-corrected chi connectivity index (χ0v) is 26.2. The molecule has 0 spiro atoms. The van der Waals surface area contributed by atoms with Gasteiger partial charge in [-0.25, -0.2) is 14.4 Å². The predicted molar refractivity (Wildman–Crippen MR) is 163 cm³/mol. The third-order valence-corrected chi connectivity index (χ3v) is 11.3. The van der Waals surface area contributed by atoms with Crippen LogP contribution >= 0.6 is 36.2 Å². The van der Waals surface area contributed by atoms with Crippen molar-refractivity contribution in [2.45, 2.75) is 112 Å². The Morgan fingerprint density at radius 3 is 1.76 bits per heavy atom. The number of carbonyl (C=O) groups is 6. The Bertz CT molecular complexity index is 1020. The molecule has 5 aliphatic heterocycles. The van der Waals surface area contributed by atoms with Crippen LogP contribution in [0, 0.1) is 0 Å². The summed E-state index contributed by atoms with van der Waals surface area (Å²) >= 11 is 7.88. The molecule has 0 bridgehead atoms. The number of carbonyl (C=O) groups excluding carboxylic acids is 6. The molecule has 6 atom stereocenters. The summed E-state index contributed by atoms with van der Waals surface area (Å²) in [6, 6.07) is 0.835. The van der Waals surface area contributed by atoms with Gasteiger partial charge in [0.2, 0.25) is 0 Å². The Labute approximate surface area is 260 Å². The number of unbranched alkanes of at least 4 members (excludes halogenated alkanes) is 2. The van der Waals surface area contributed by atoms with E-state index in [0.29, 0.717) is 46.7 Å². The number of hydrogen-bond acceptors (Lipinski definition) is 10. The fourth-order valence-electron chi connectivity index (χ4n) is 5.78. The number of rotatable bonds is 14. The Kier molecular flexibility index (Phi) is 12.6. The molecule has 12 nitrogen and oxygen atoms in total. The summed E-state index contributed by atoms with van der Waals surface area (Å²) in [5.74, 6) is 1.61. The first-order valence-electron chi connectivity index (χ1n) is 14.8. The van der Waals surface area contributed by atoms with Crippen LogP contribution in [0.3, 0.4) is 0 Å². The number of nitrogens with one attached hydrogen (secondary N) is 4. The van der Waals surface area contributed by atoms with Gasteiger partial charge in [-0.3, -0.25) is 14.4 Å². The molecular weight excluding hydrogens is 603 g/mol. The van der Waals surface area contributed by atoms with E-state index < -0.39 is 17.8 Å². The first-order chi connectivity index (χ1) is 20.2. The smallest absolute Gasteiger partial charge is 0.332 e. The van der Waals surface area contributed by atoms with E-state index in [-0.39, 0.29) is 49.5 Å². The molecule has 5 rings (SSSR count). The van der Waals surface area contributed by atoms with E-state index in [9.17, 15) is 28.8 Å². The molecule has 0 aromatic carbocycles. The Hall–Kier alpha value is -2.13. The van der Waals surface area contributed by atoms with Gasteiger partial charge < -0.3 is 26.1 Å². The van der Waals surface area contributed by atoms with Crippen LogP contribution in [0.15, 0.2) is 0 Å². The van der Waals surface area contributed by atoms with E-state index in [1.54, 1.807) is 0 Å². The summed E-state index contributed by atoms with van der Waals surface area (Å²) in [5.41, 5.74) is 0. The number of imide groups is 1. The molecule has 234 valence electrons. The number of thiol groups is 1. The molecule has 15 heteroatoms. The first-order valence-corrected chi connectivity index (χ1v) is 17.5. The zero-order chi connectivity index (χ0) is 30.1. The van der Waals surface area contributed by atoms with Crippen LogP contribution < -0.4 is 21.3 Å². The van der Waals surface area contributed by atoms with Gasteiger partial charge in [0, 0.05) is 54.1 Å². The molecule has 0 aromatic rings. The second-order valence-corrected chi connectivity index (χ2v) is 14.1. The Morgan fingerprint density at radius 1 is 0.738 bits per heavy atom. The maximum Gasteiger partial charge on any atom is 0.333 e. The van der Waals surface area contributed by atoms with Gasteiger partial charge in [-0.2, -0.15) is 36.2 Å².